The first-order chi connectivity index (χ1) is 9.69. The lowest BCUT2D eigenvalue weighted by Gasteiger charge is -2.30. The zero-order valence-electron chi connectivity index (χ0n) is 11.0. The molecular formula is C16H15FO3. The molecule has 104 valence electrons. The molecule has 2 aromatic rings. The number of rotatable bonds is 2. The van der Waals surface area contributed by atoms with Crippen molar-refractivity contribution in [3.8, 4) is 11.5 Å². The van der Waals surface area contributed by atoms with Crippen LogP contribution in [0.4, 0.5) is 4.39 Å². The molecule has 0 aliphatic carbocycles. The quantitative estimate of drug-likeness (QED) is 0.912. The topological polar surface area (TPSA) is 38.7 Å². The molecule has 20 heavy (non-hydrogen) atoms. The number of ether oxygens (including phenoxy) is 2. The second-order valence-corrected chi connectivity index (χ2v) is 4.78. The van der Waals surface area contributed by atoms with Crippen molar-refractivity contribution in [1.29, 1.82) is 0 Å². The molecule has 0 radical (unpaired) electrons. The zero-order chi connectivity index (χ0) is 14.1. The highest BCUT2D eigenvalue weighted by atomic mass is 19.1. The minimum atomic E-state index is -0.672. The first-order valence-corrected chi connectivity index (χ1v) is 6.46. The predicted molar refractivity (Wildman–Crippen MR) is 72.3 cm³/mol. The maximum absolute atomic E-state index is 13.8. The summed E-state index contributed by atoms with van der Waals surface area (Å²) in [6, 6.07) is 11.7. The Kier molecular flexibility index (Phi) is 3.32. The van der Waals surface area contributed by atoms with Gasteiger partial charge >= 0.3 is 0 Å². The number of hydrogen-bond acceptors (Lipinski definition) is 3. The Balaban J connectivity index is 1.97. The molecule has 1 heterocycles. The highest BCUT2D eigenvalue weighted by Gasteiger charge is 2.29. The molecule has 3 rings (SSSR count). The third-order valence-corrected chi connectivity index (χ3v) is 3.54. The number of hydrogen-bond donors (Lipinski definition) is 1. The summed E-state index contributed by atoms with van der Waals surface area (Å²) in [6.07, 6.45) is -0.833. The molecule has 0 amide bonds. The fourth-order valence-electron chi connectivity index (χ4n) is 2.48. The first kappa shape index (κ1) is 12.9. The van der Waals surface area contributed by atoms with Gasteiger partial charge in [-0.3, -0.25) is 0 Å². The molecule has 4 heteroatoms. The van der Waals surface area contributed by atoms with E-state index in [-0.39, 0.29) is 5.82 Å². The Bertz CT molecular complexity index is 627. The van der Waals surface area contributed by atoms with Gasteiger partial charge in [-0.1, -0.05) is 18.2 Å². The number of fused-ring (bicyclic) bond motifs is 1. The van der Waals surface area contributed by atoms with Gasteiger partial charge in [-0.2, -0.15) is 0 Å². The molecule has 0 saturated carbocycles. The van der Waals surface area contributed by atoms with Crippen molar-refractivity contribution >= 4 is 0 Å². The fourth-order valence-corrected chi connectivity index (χ4v) is 2.48. The van der Waals surface area contributed by atoms with Crippen molar-refractivity contribution in [3.63, 3.8) is 0 Å². The van der Waals surface area contributed by atoms with Crippen LogP contribution in [0.5, 0.6) is 11.5 Å². The summed E-state index contributed by atoms with van der Waals surface area (Å²) in [6.45, 7) is 0. The Labute approximate surface area is 116 Å². The van der Waals surface area contributed by atoms with E-state index < -0.39 is 12.2 Å². The van der Waals surface area contributed by atoms with E-state index in [4.69, 9.17) is 9.47 Å². The Morgan fingerprint density at radius 2 is 2.00 bits per heavy atom. The van der Waals surface area contributed by atoms with Crippen LogP contribution >= 0.6 is 0 Å². The average Bonchev–Trinajstić information content (AvgIpc) is 2.47. The van der Waals surface area contributed by atoms with Crippen LogP contribution in [0.3, 0.4) is 0 Å². The molecular weight excluding hydrogens is 259 g/mol. The standard InChI is InChI=1S/C16H15FO3/c1-19-10-6-7-12-14(18)9-16(20-15(12)8-10)11-4-2-3-5-13(11)17/h2-8,14,16,18H,9H2,1H3. The molecule has 2 aromatic carbocycles. The second kappa shape index (κ2) is 5.13. The predicted octanol–water partition coefficient (Wildman–Crippen LogP) is 3.39. The van der Waals surface area contributed by atoms with E-state index in [1.165, 1.54) is 6.07 Å². The van der Waals surface area contributed by atoms with Crippen LogP contribution in [-0.2, 0) is 0 Å². The number of halogens is 1. The van der Waals surface area contributed by atoms with Crippen molar-refractivity contribution in [3.05, 3.63) is 59.4 Å². The van der Waals surface area contributed by atoms with E-state index in [9.17, 15) is 9.50 Å². The van der Waals surface area contributed by atoms with Gasteiger partial charge in [0.15, 0.2) is 0 Å². The molecule has 0 bridgehead atoms. The average molecular weight is 274 g/mol. The summed E-state index contributed by atoms with van der Waals surface area (Å²) in [4.78, 5) is 0. The fraction of sp³-hybridized carbons (Fsp3) is 0.250. The molecule has 2 unspecified atom stereocenters. The highest BCUT2D eigenvalue weighted by molar-refractivity contribution is 5.44. The summed E-state index contributed by atoms with van der Waals surface area (Å²) in [7, 11) is 1.56. The van der Waals surface area contributed by atoms with Gasteiger partial charge in [0.2, 0.25) is 0 Å². The summed E-state index contributed by atoms with van der Waals surface area (Å²) >= 11 is 0. The molecule has 0 saturated heterocycles. The molecule has 2 atom stereocenters. The van der Waals surface area contributed by atoms with Crippen LogP contribution < -0.4 is 9.47 Å². The lowest BCUT2D eigenvalue weighted by Crippen LogP contribution is -2.20. The highest BCUT2D eigenvalue weighted by Crippen LogP contribution is 2.42. The van der Waals surface area contributed by atoms with Crippen LogP contribution in [0.15, 0.2) is 42.5 Å². The van der Waals surface area contributed by atoms with Gasteiger partial charge < -0.3 is 14.6 Å². The molecule has 0 spiro atoms. The molecule has 3 nitrogen and oxygen atoms in total. The van der Waals surface area contributed by atoms with Gasteiger partial charge in [-0.25, -0.2) is 4.39 Å². The van der Waals surface area contributed by atoms with Gasteiger partial charge in [0.05, 0.1) is 13.2 Å². The molecule has 0 aromatic heterocycles. The van der Waals surface area contributed by atoms with Gasteiger partial charge in [-0.05, 0) is 18.2 Å². The minimum Gasteiger partial charge on any atom is -0.497 e. The summed E-state index contributed by atoms with van der Waals surface area (Å²) in [5, 5.41) is 10.2. The van der Waals surface area contributed by atoms with E-state index in [0.717, 1.165) is 0 Å². The van der Waals surface area contributed by atoms with Crippen LogP contribution in [0, 0.1) is 5.82 Å². The Hall–Kier alpha value is -2.07. The van der Waals surface area contributed by atoms with Crippen LogP contribution in [-0.4, -0.2) is 12.2 Å². The maximum atomic E-state index is 13.8. The third-order valence-electron chi connectivity index (χ3n) is 3.54. The van der Waals surface area contributed by atoms with Crippen molar-refractivity contribution in [1.82, 2.24) is 0 Å². The zero-order valence-corrected chi connectivity index (χ0v) is 11.0. The largest absolute Gasteiger partial charge is 0.497 e. The molecule has 1 aliphatic rings. The molecule has 1 N–H and O–H groups in total. The summed E-state index contributed by atoms with van der Waals surface area (Å²) in [5.41, 5.74) is 1.17. The number of aliphatic hydroxyl groups excluding tert-OH is 1. The van der Waals surface area contributed by atoms with Crippen molar-refractivity contribution in [2.75, 3.05) is 7.11 Å². The van der Waals surface area contributed by atoms with Crippen LogP contribution in [0.2, 0.25) is 0 Å². The van der Waals surface area contributed by atoms with Gasteiger partial charge in [-0.15, -0.1) is 0 Å². The van der Waals surface area contributed by atoms with Gasteiger partial charge in [0.1, 0.15) is 23.4 Å². The van der Waals surface area contributed by atoms with Crippen LogP contribution in [0.1, 0.15) is 29.8 Å². The lowest BCUT2D eigenvalue weighted by molar-refractivity contribution is 0.0638. The van der Waals surface area contributed by atoms with E-state index in [2.05, 4.69) is 0 Å². The van der Waals surface area contributed by atoms with Crippen molar-refractivity contribution in [2.45, 2.75) is 18.6 Å². The Morgan fingerprint density at radius 1 is 1.20 bits per heavy atom. The minimum absolute atomic E-state index is 0.323. The lowest BCUT2D eigenvalue weighted by atomic mass is 9.94. The van der Waals surface area contributed by atoms with E-state index in [0.29, 0.717) is 29.0 Å². The summed E-state index contributed by atoms with van der Waals surface area (Å²) < 4.78 is 24.8. The van der Waals surface area contributed by atoms with Crippen LogP contribution in [0.25, 0.3) is 0 Å². The molecule has 1 aliphatic heterocycles. The Morgan fingerprint density at radius 3 is 2.75 bits per heavy atom. The van der Waals surface area contributed by atoms with Gasteiger partial charge in [0, 0.05) is 23.6 Å². The maximum Gasteiger partial charge on any atom is 0.130 e. The number of methoxy groups -OCH3 is 1. The second-order valence-electron chi connectivity index (χ2n) is 4.78. The van der Waals surface area contributed by atoms with E-state index >= 15 is 0 Å². The van der Waals surface area contributed by atoms with Crippen molar-refractivity contribution in [2.24, 2.45) is 0 Å². The first-order valence-electron chi connectivity index (χ1n) is 6.46. The van der Waals surface area contributed by atoms with E-state index in [1.54, 1.807) is 43.5 Å². The van der Waals surface area contributed by atoms with Gasteiger partial charge in [0.25, 0.3) is 0 Å². The monoisotopic (exact) mass is 274 g/mol. The summed E-state index contributed by atoms with van der Waals surface area (Å²) in [5.74, 6) is 0.859. The number of aliphatic hydroxyl groups is 1. The number of benzene rings is 2. The van der Waals surface area contributed by atoms with E-state index in [1.807, 2.05) is 0 Å². The third kappa shape index (κ3) is 2.23. The SMILES string of the molecule is COc1ccc2c(c1)OC(c1ccccc1F)CC2O. The van der Waals surface area contributed by atoms with Crippen molar-refractivity contribution < 1.29 is 19.0 Å². The molecule has 0 fully saturated rings. The normalized spacial score (nSPS) is 20.9. The smallest absolute Gasteiger partial charge is 0.130 e.